The highest BCUT2D eigenvalue weighted by molar-refractivity contribution is 7.69. The highest BCUT2D eigenvalue weighted by atomic mass is 35.7. The molecule has 126 valence electrons. The van der Waals surface area contributed by atoms with Gasteiger partial charge in [0, 0.05) is 13.1 Å². The molecule has 2 aromatic rings. The van der Waals surface area contributed by atoms with Gasteiger partial charge in [-0.1, -0.05) is 18.2 Å². The number of para-hydroxylation sites is 1. The largest absolute Gasteiger partial charge is 0.378 e. The van der Waals surface area contributed by atoms with Crippen molar-refractivity contribution in [2.75, 3.05) is 31.2 Å². The van der Waals surface area contributed by atoms with E-state index < -0.39 is 10.2 Å². The molecule has 23 heavy (non-hydrogen) atoms. The Morgan fingerprint density at radius 1 is 1.13 bits per heavy atom. The van der Waals surface area contributed by atoms with Crippen LogP contribution in [0.3, 0.4) is 0 Å². The predicted octanol–water partition coefficient (Wildman–Crippen LogP) is -1.85. The van der Waals surface area contributed by atoms with E-state index >= 15 is 0 Å². The third-order valence-corrected chi connectivity index (χ3v) is 4.70. The number of ether oxygens (including phenoxy) is 1. The molecule has 1 N–H and O–H groups in total. The first-order valence-corrected chi connectivity index (χ1v) is 9.86. The second-order valence-electron chi connectivity index (χ2n) is 4.29. The summed E-state index contributed by atoms with van der Waals surface area (Å²) >= 11 is 0. The Balaban J connectivity index is 0.000000338. The molecule has 0 spiro atoms. The summed E-state index contributed by atoms with van der Waals surface area (Å²) in [5.74, 6) is 0. The number of rotatable bonds is 2. The molecule has 0 bridgehead atoms. The molecule has 3 rings (SSSR count). The van der Waals surface area contributed by atoms with Crippen LogP contribution in [0.25, 0.3) is 0 Å². The monoisotopic (exact) mass is 379 g/mol. The van der Waals surface area contributed by atoms with E-state index in [9.17, 15) is 0 Å². The molecule has 0 atom stereocenters. The molecule has 0 amide bonds. The standard InChI is InChI=1S/C12H13N3OS2.ClHO4/c1-2-4-10(5-3-1)13-11-14-12(18-17-11)15-6-8-16-9-7-15;2-1(3,4)5/h1-5H,6-9H2;(H,2,3,4,5). The SMILES string of the molecule is [O-][Cl+3]([O-])([O-])O.c1ccc(N=c2nc(N3CCOCC3)ss2)cc1. The Bertz CT molecular complexity index is 646. The van der Waals surface area contributed by atoms with Crippen molar-refractivity contribution in [3.8, 4) is 0 Å². The average molecular weight is 380 g/mol. The minimum atomic E-state index is -4.69. The van der Waals surface area contributed by atoms with Crippen LogP contribution in [0.15, 0.2) is 35.3 Å². The lowest BCUT2D eigenvalue weighted by Crippen LogP contribution is -2.58. The molecule has 2 heterocycles. The topological polar surface area (TPSA) is 127 Å². The summed E-state index contributed by atoms with van der Waals surface area (Å²) in [4.78, 5) is 12.2. The Morgan fingerprint density at radius 3 is 2.35 bits per heavy atom. The lowest BCUT2D eigenvalue weighted by atomic mass is 10.3. The van der Waals surface area contributed by atoms with E-state index in [1.807, 2.05) is 30.3 Å². The van der Waals surface area contributed by atoms with Crippen LogP contribution < -0.4 is 23.7 Å². The molecular formula is C12H14ClN3O5S2. The molecule has 0 radical (unpaired) electrons. The van der Waals surface area contributed by atoms with Crippen LogP contribution in [0.5, 0.6) is 0 Å². The lowest BCUT2D eigenvalue weighted by molar-refractivity contribution is -1.92. The fraction of sp³-hybridized carbons (Fsp3) is 0.333. The second kappa shape index (κ2) is 8.66. The zero-order valence-electron chi connectivity index (χ0n) is 11.8. The van der Waals surface area contributed by atoms with E-state index in [1.54, 1.807) is 20.7 Å². The Kier molecular flexibility index (Phi) is 6.87. The zero-order chi connectivity index (χ0) is 16.7. The molecule has 0 aliphatic carbocycles. The molecule has 0 saturated carbocycles. The summed E-state index contributed by atoms with van der Waals surface area (Å²) < 4.78 is 38.1. The van der Waals surface area contributed by atoms with E-state index in [4.69, 9.17) is 23.4 Å². The Hall–Kier alpha value is -1.11. The fourth-order valence-corrected chi connectivity index (χ4v) is 3.71. The first-order chi connectivity index (χ1) is 10.9. The molecular weight excluding hydrogens is 366 g/mol. The first kappa shape index (κ1) is 18.2. The molecule has 8 nitrogen and oxygen atoms in total. The maximum Gasteiger partial charge on any atom is 0.222 e. The van der Waals surface area contributed by atoms with Crippen LogP contribution in [-0.2, 0) is 4.74 Å². The van der Waals surface area contributed by atoms with Gasteiger partial charge in [0.05, 0.1) is 33.8 Å². The number of anilines is 1. The average Bonchev–Trinajstić information content (AvgIpc) is 2.96. The third kappa shape index (κ3) is 7.33. The number of hydrogen-bond acceptors (Lipinski definition) is 10. The van der Waals surface area contributed by atoms with E-state index in [1.165, 1.54) is 0 Å². The number of nitrogens with zero attached hydrogens (tertiary/aromatic N) is 3. The van der Waals surface area contributed by atoms with Crippen molar-refractivity contribution >= 4 is 31.5 Å². The van der Waals surface area contributed by atoms with Gasteiger partial charge >= 0.3 is 0 Å². The molecule has 0 unspecified atom stereocenters. The van der Waals surface area contributed by atoms with E-state index in [0.717, 1.165) is 41.9 Å². The minimum Gasteiger partial charge on any atom is -0.378 e. The van der Waals surface area contributed by atoms with Gasteiger partial charge in [-0.05, 0) is 32.8 Å². The van der Waals surface area contributed by atoms with Gasteiger partial charge in [-0.25, -0.2) is 4.99 Å². The summed E-state index contributed by atoms with van der Waals surface area (Å²) in [6.07, 6.45) is 0. The van der Waals surface area contributed by atoms with Crippen LogP contribution in [0, 0.1) is 10.2 Å². The number of benzene rings is 1. The zero-order valence-corrected chi connectivity index (χ0v) is 14.2. The quantitative estimate of drug-likeness (QED) is 0.606. The van der Waals surface area contributed by atoms with Gasteiger partial charge in [-0.15, -0.1) is 0 Å². The lowest BCUT2D eigenvalue weighted by Gasteiger charge is -2.25. The summed E-state index contributed by atoms with van der Waals surface area (Å²) in [6.45, 7) is 3.42. The van der Waals surface area contributed by atoms with Crippen LogP contribution in [-0.4, -0.2) is 35.9 Å². The van der Waals surface area contributed by atoms with Crippen molar-refractivity contribution in [1.82, 2.24) is 4.98 Å². The van der Waals surface area contributed by atoms with Crippen LogP contribution in [0.2, 0.25) is 0 Å². The molecule has 1 aliphatic heterocycles. The highest BCUT2D eigenvalue weighted by Crippen LogP contribution is 2.20. The summed E-state index contributed by atoms with van der Waals surface area (Å²) in [5, 5.41) is 1.05. The number of morpholine rings is 1. The molecule has 1 saturated heterocycles. The number of hydrogen-bond donors (Lipinski definition) is 1. The third-order valence-electron chi connectivity index (χ3n) is 2.64. The van der Waals surface area contributed by atoms with Crippen molar-refractivity contribution < 1.29 is 33.6 Å². The van der Waals surface area contributed by atoms with Crippen molar-refractivity contribution in [2.45, 2.75) is 0 Å². The van der Waals surface area contributed by atoms with Gasteiger partial charge in [0.1, 0.15) is 0 Å². The molecule has 1 aromatic heterocycles. The van der Waals surface area contributed by atoms with Gasteiger partial charge < -0.3 is 9.64 Å². The van der Waals surface area contributed by atoms with E-state index in [-0.39, 0.29) is 0 Å². The van der Waals surface area contributed by atoms with Crippen LogP contribution >= 0.6 is 20.7 Å². The van der Waals surface area contributed by atoms with Gasteiger partial charge in [0.15, 0.2) is 5.13 Å². The molecule has 1 aromatic carbocycles. The second-order valence-corrected chi connectivity index (χ2v) is 7.14. The van der Waals surface area contributed by atoms with Crippen molar-refractivity contribution in [3.05, 3.63) is 35.1 Å². The number of aromatic nitrogens is 1. The normalized spacial score (nSPS) is 16.0. The maximum atomic E-state index is 8.60. The van der Waals surface area contributed by atoms with Gasteiger partial charge in [0.2, 0.25) is 4.80 Å². The smallest absolute Gasteiger partial charge is 0.222 e. The molecule has 1 aliphatic rings. The predicted molar refractivity (Wildman–Crippen MR) is 76.9 cm³/mol. The summed E-state index contributed by atoms with van der Waals surface area (Å²) in [5.41, 5.74) is 0.951. The first-order valence-electron chi connectivity index (χ1n) is 6.45. The number of halogens is 1. The van der Waals surface area contributed by atoms with Gasteiger partial charge in [0.25, 0.3) is 0 Å². The van der Waals surface area contributed by atoms with Crippen LogP contribution in [0.4, 0.5) is 10.8 Å². The minimum absolute atomic E-state index is 0.787. The fourth-order valence-electron chi connectivity index (χ4n) is 1.73. The Labute approximate surface area is 141 Å². The Morgan fingerprint density at radius 2 is 1.74 bits per heavy atom. The maximum absolute atomic E-state index is 8.60. The van der Waals surface area contributed by atoms with Crippen molar-refractivity contribution in [1.29, 1.82) is 0 Å². The van der Waals surface area contributed by atoms with E-state index in [2.05, 4.69) is 14.9 Å². The van der Waals surface area contributed by atoms with Crippen LogP contribution in [0.1, 0.15) is 0 Å². The molecule has 11 heteroatoms. The summed E-state index contributed by atoms with van der Waals surface area (Å²) in [6, 6.07) is 9.93. The van der Waals surface area contributed by atoms with Crippen molar-refractivity contribution in [2.24, 2.45) is 4.99 Å². The summed E-state index contributed by atoms with van der Waals surface area (Å²) in [7, 11) is -1.39. The van der Waals surface area contributed by atoms with Crippen molar-refractivity contribution in [3.63, 3.8) is 0 Å². The van der Waals surface area contributed by atoms with E-state index in [0.29, 0.717) is 0 Å². The van der Waals surface area contributed by atoms with Gasteiger partial charge in [-0.3, -0.25) is 0 Å². The highest BCUT2D eigenvalue weighted by Gasteiger charge is 2.13. The molecule has 1 fully saturated rings. The van der Waals surface area contributed by atoms with Gasteiger partial charge in [-0.2, -0.15) is 19.0 Å².